The number of aliphatic hydroxyl groups is 1. The van der Waals surface area contributed by atoms with Gasteiger partial charge in [-0.2, -0.15) is 0 Å². The lowest BCUT2D eigenvalue weighted by atomic mass is 10.1. The molecule has 6 amide bonds. The van der Waals surface area contributed by atoms with Gasteiger partial charge in [-0.1, -0.05) is 72.8 Å². The van der Waals surface area contributed by atoms with E-state index < -0.39 is 130 Å². The minimum absolute atomic E-state index is 0.0106. The Balaban J connectivity index is 2.00. The fourth-order valence-electron chi connectivity index (χ4n) is 5.61. The summed E-state index contributed by atoms with van der Waals surface area (Å²) in [6.07, 6.45) is -7.80. The van der Waals surface area contributed by atoms with E-state index in [0.717, 1.165) is 17.0 Å². The van der Waals surface area contributed by atoms with Crippen LogP contribution in [-0.4, -0.2) is 112 Å². The van der Waals surface area contributed by atoms with E-state index >= 15 is 0 Å². The van der Waals surface area contributed by atoms with Gasteiger partial charge in [0.1, 0.15) is 11.7 Å². The molecule has 6 atom stereocenters. The Morgan fingerprint density at radius 2 is 1.01 bits per heavy atom. The van der Waals surface area contributed by atoms with Crippen molar-refractivity contribution < 1.29 is 43.7 Å². The van der Waals surface area contributed by atoms with E-state index in [1.807, 2.05) is 16.0 Å². The van der Waals surface area contributed by atoms with Gasteiger partial charge in [0.25, 0.3) is 40.9 Å². The number of nitro groups is 2. The maximum atomic E-state index is 14.1. The number of aliphatic hydroxyl groups excluding tert-OH is 1. The molecule has 32 heteroatoms. The number of rotatable bonds is 23. The Labute approximate surface area is 388 Å². The zero-order valence-electron chi connectivity index (χ0n) is 35.7. The summed E-state index contributed by atoms with van der Waals surface area (Å²) in [6, 6.07) is 16.4. The third-order valence-electron chi connectivity index (χ3n) is 8.54. The highest BCUT2D eigenvalue weighted by atomic mass is 16.6. The van der Waals surface area contributed by atoms with Crippen molar-refractivity contribution in [3.63, 3.8) is 0 Å². The number of aliphatic imine (C=N–C) groups is 4. The molecule has 0 bridgehead atoms. The number of benzene rings is 3. The quantitative estimate of drug-likeness (QED) is 0.0138. The molecule has 0 fully saturated rings. The number of primary amides is 1. The van der Waals surface area contributed by atoms with Crippen LogP contribution in [0.15, 0.2) is 105 Å². The lowest BCUT2D eigenvalue weighted by Crippen LogP contribution is -2.58. The molecule has 0 spiro atoms. The number of nitrogens with one attached hydrogen (secondary N) is 5. The number of carbonyl (C=O) groups excluding carboxylic acids is 6. The molecule has 0 saturated carbocycles. The number of nitro benzene ring substituents is 2. The summed E-state index contributed by atoms with van der Waals surface area (Å²) in [5, 5.41) is 45.7. The molecule has 69 heavy (non-hydrogen) atoms. The van der Waals surface area contributed by atoms with Crippen molar-refractivity contribution in [1.29, 1.82) is 0 Å². The molecular formula is C37H47N21O11. The molecule has 0 aliphatic carbocycles. The molecule has 3 aromatic rings. The Morgan fingerprint density at radius 1 is 0.580 bits per heavy atom. The van der Waals surface area contributed by atoms with Gasteiger partial charge in [0, 0.05) is 12.6 Å². The van der Waals surface area contributed by atoms with E-state index in [-0.39, 0.29) is 5.56 Å². The first-order valence-corrected chi connectivity index (χ1v) is 19.3. The van der Waals surface area contributed by atoms with Crippen LogP contribution in [0.25, 0.3) is 6.08 Å². The van der Waals surface area contributed by atoms with Gasteiger partial charge in [0.15, 0.2) is 23.8 Å². The smallest absolute Gasteiger partial charge is 0.299 e. The summed E-state index contributed by atoms with van der Waals surface area (Å²) in [4.78, 5) is 117. The summed E-state index contributed by atoms with van der Waals surface area (Å²) in [7, 11) is 0. The second-order valence-corrected chi connectivity index (χ2v) is 13.6. The number of nitrogens with zero attached hydrogens (tertiary/aromatic N) is 7. The zero-order chi connectivity index (χ0) is 51.5. The van der Waals surface area contributed by atoms with Crippen LogP contribution in [0.2, 0.25) is 0 Å². The molecule has 32 nitrogen and oxygen atoms in total. The Kier molecular flexibility index (Phi) is 19.1. The van der Waals surface area contributed by atoms with Gasteiger partial charge < -0.3 is 88.2 Å². The fourth-order valence-corrected chi connectivity index (χ4v) is 5.61. The Bertz CT molecular complexity index is 2540. The number of guanidine groups is 4. The number of nitrogens with two attached hydrogens (primary N) is 9. The summed E-state index contributed by atoms with van der Waals surface area (Å²) in [6.45, 7) is -0.426. The van der Waals surface area contributed by atoms with Crippen LogP contribution in [0.1, 0.15) is 17.2 Å². The highest BCUT2D eigenvalue weighted by molar-refractivity contribution is 5.99. The van der Waals surface area contributed by atoms with Crippen LogP contribution in [0.5, 0.6) is 0 Å². The van der Waals surface area contributed by atoms with E-state index in [1.54, 1.807) is 36.4 Å². The van der Waals surface area contributed by atoms with Crippen molar-refractivity contribution >= 4 is 82.4 Å². The molecular weight excluding hydrogens is 915 g/mol. The lowest BCUT2D eigenvalue weighted by Gasteiger charge is -2.29. The van der Waals surface area contributed by atoms with E-state index in [1.165, 1.54) is 36.4 Å². The maximum absolute atomic E-state index is 14.1. The van der Waals surface area contributed by atoms with Crippen LogP contribution in [0.3, 0.4) is 0 Å². The summed E-state index contributed by atoms with van der Waals surface area (Å²) in [5.41, 5.74) is 47.3. The van der Waals surface area contributed by atoms with Crippen LogP contribution < -0.4 is 83.1 Å². The Morgan fingerprint density at radius 3 is 1.45 bits per heavy atom. The first kappa shape index (κ1) is 53.2. The number of hydrogen-bond donors (Lipinski definition) is 15. The van der Waals surface area contributed by atoms with Crippen molar-refractivity contribution in [2.45, 2.75) is 36.9 Å². The van der Waals surface area contributed by atoms with Gasteiger partial charge >= 0.3 is 0 Å². The normalized spacial score (nSPS) is 13.2. The molecule has 0 saturated heterocycles. The van der Waals surface area contributed by atoms with Crippen LogP contribution in [-0.2, 0) is 28.8 Å². The molecule has 3 rings (SSSR count). The fraction of sp³-hybridized carbons (Fsp3) is 0.189. The third kappa shape index (κ3) is 16.4. The van der Waals surface area contributed by atoms with Crippen molar-refractivity contribution in [1.82, 2.24) is 26.6 Å². The van der Waals surface area contributed by atoms with Crippen molar-refractivity contribution in [3.8, 4) is 0 Å². The van der Waals surface area contributed by atoms with Crippen molar-refractivity contribution in [2.75, 3.05) is 11.4 Å². The average Bonchev–Trinajstić information content (AvgIpc) is 3.28. The van der Waals surface area contributed by atoms with E-state index in [4.69, 9.17) is 51.6 Å². The minimum Gasteiger partial charge on any atom is -0.370 e. The summed E-state index contributed by atoms with van der Waals surface area (Å²) < 4.78 is 0. The lowest BCUT2D eigenvalue weighted by molar-refractivity contribution is -0.393. The molecule has 0 aliphatic heterocycles. The minimum atomic E-state index is -2.36. The van der Waals surface area contributed by atoms with Crippen LogP contribution in [0.4, 0.5) is 17.1 Å². The number of anilines is 1. The van der Waals surface area contributed by atoms with Crippen LogP contribution in [0, 0.1) is 20.2 Å². The maximum Gasteiger partial charge on any atom is 0.299 e. The van der Waals surface area contributed by atoms with E-state index in [9.17, 15) is 54.1 Å². The standard InChI is InChI=1S/C37H47N21O11/c38-23(59)24(52-34(39)40)48-29(61)26(54-36(43)44)50-31(63)27(55-37(45)46)51-30(62)25(53-35(41)42)49-28(60)22(18-11-5-2-6-12-18)47-32(64)33(65)56(15-7-10-17-8-3-1-4-9-17)20-14-13-19(57(66)67)16-21(20)58(68)69/h1-14,16,22,24-27,33,65H,15H2,(H2,38,59)(H,47,64)(H,48,61)(H,49,60)(H,50,63)(H,51,62)(H4,39,40,52)(H4,41,42,53)(H4,43,44,54)(H4,45,46,55)/b10-7-. The first-order chi connectivity index (χ1) is 32.5. The van der Waals surface area contributed by atoms with Crippen molar-refractivity contribution in [2.24, 2.45) is 71.6 Å². The molecule has 0 radical (unpaired) electrons. The largest absolute Gasteiger partial charge is 0.370 e. The number of amides is 6. The molecule has 3 aromatic carbocycles. The molecule has 0 aliphatic rings. The summed E-state index contributed by atoms with van der Waals surface area (Å²) in [5.74, 6) is -11.3. The second-order valence-electron chi connectivity index (χ2n) is 13.6. The Hall–Kier alpha value is -10.1. The van der Waals surface area contributed by atoms with Gasteiger partial charge in [-0.05, 0) is 17.2 Å². The molecule has 0 heterocycles. The topological polar surface area (TPSA) is 556 Å². The second kappa shape index (κ2) is 24.8. The highest BCUT2D eigenvalue weighted by Gasteiger charge is 2.36. The van der Waals surface area contributed by atoms with E-state index in [2.05, 4.69) is 30.6 Å². The van der Waals surface area contributed by atoms with E-state index in [0.29, 0.717) is 11.6 Å². The molecule has 366 valence electrons. The predicted molar refractivity (Wildman–Crippen MR) is 246 cm³/mol. The van der Waals surface area contributed by atoms with Gasteiger partial charge in [-0.15, -0.1) is 0 Å². The summed E-state index contributed by atoms with van der Waals surface area (Å²) >= 11 is 0. The first-order valence-electron chi connectivity index (χ1n) is 19.3. The number of carbonyl (C=O) groups is 6. The number of hydrogen-bond acceptors (Lipinski definition) is 16. The van der Waals surface area contributed by atoms with Crippen molar-refractivity contribution in [3.05, 3.63) is 116 Å². The van der Waals surface area contributed by atoms with Gasteiger partial charge in [0.2, 0.25) is 36.8 Å². The molecule has 6 unspecified atom stereocenters. The van der Waals surface area contributed by atoms with Crippen LogP contribution >= 0.6 is 0 Å². The molecule has 0 aromatic heterocycles. The van der Waals surface area contributed by atoms with Gasteiger partial charge in [-0.25, -0.2) is 20.0 Å². The monoisotopic (exact) mass is 961 g/mol. The highest BCUT2D eigenvalue weighted by Crippen LogP contribution is 2.33. The van der Waals surface area contributed by atoms with Gasteiger partial charge in [0.05, 0.1) is 15.9 Å². The van der Waals surface area contributed by atoms with Gasteiger partial charge in [-0.3, -0.25) is 49.0 Å². The predicted octanol–water partition coefficient (Wildman–Crippen LogP) is -6.45. The third-order valence-corrected chi connectivity index (χ3v) is 8.54. The average molecular weight is 962 g/mol. The molecule has 24 N–H and O–H groups in total. The number of non-ortho nitro benzene ring substituents is 1. The SMILES string of the molecule is NC(=O)C(N=C(N)N)NC(=O)C(N=C(N)N)NC(=O)C(N=C(N)N)NC(=O)C(N=C(N)N)NC(=O)C(NC(=O)C(O)N(C/C=C\c1ccccc1)c1ccc([N+](=O)[O-])cc1[N+](=O)[O-])c1ccccc1. The zero-order valence-corrected chi connectivity index (χ0v) is 35.7.